The molecule has 2 aliphatic rings. The lowest BCUT2D eigenvalue weighted by Crippen LogP contribution is -3.00. The first kappa shape index (κ1) is 22.2. The molecule has 0 amide bonds. The molecule has 2 aliphatic heterocycles. The summed E-state index contributed by atoms with van der Waals surface area (Å²) in [6, 6.07) is 7.99. The molecule has 0 aromatic heterocycles. The van der Waals surface area contributed by atoms with Crippen molar-refractivity contribution in [2.75, 3.05) is 33.4 Å². The molecule has 152 valence electrons. The summed E-state index contributed by atoms with van der Waals surface area (Å²) in [4.78, 5) is 12.4. The van der Waals surface area contributed by atoms with E-state index >= 15 is 0 Å². The van der Waals surface area contributed by atoms with Gasteiger partial charge in [-0.25, -0.2) is 4.79 Å². The summed E-state index contributed by atoms with van der Waals surface area (Å²) < 4.78 is 12.6. The minimum absolute atomic E-state index is 0. The minimum Gasteiger partial charge on any atom is -1.00 e. The van der Waals surface area contributed by atoms with E-state index in [4.69, 9.17) is 9.47 Å². The van der Waals surface area contributed by atoms with Gasteiger partial charge in [0.15, 0.2) is 0 Å². The second-order valence-electron chi connectivity index (χ2n) is 8.72. The van der Waals surface area contributed by atoms with Crippen molar-refractivity contribution in [1.29, 1.82) is 0 Å². The molecular weight excluding hydrogens is 406 g/mol. The molecule has 1 aromatic rings. The molecule has 0 bridgehead atoms. The van der Waals surface area contributed by atoms with E-state index in [1.807, 2.05) is 12.1 Å². The van der Waals surface area contributed by atoms with E-state index in [1.54, 1.807) is 12.1 Å². The van der Waals surface area contributed by atoms with Crippen LogP contribution in [0.2, 0.25) is 0 Å². The van der Waals surface area contributed by atoms with Gasteiger partial charge in [-0.15, -0.1) is 0 Å². The summed E-state index contributed by atoms with van der Waals surface area (Å²) in [7, 11) is 2.40. The Labute approximate surface area is 174 Å². The van der Waals surface area contributed by atoms with Gasteiger partial charge in [0.25, 0.3) is 0 Å². The monoisotopic (exact) mass is 439 g/mol. The zero-order chi connectivity index (χ0) is 18.6. The van der Waals surface area contributed by atoms with Crippen LogP contribution in [0, 0.1) is 11.8 Å². The van der Waals surface area contributed by atoms with Crippen molar-refractivity contribution in [3.8, 4) is 5.75 Å². The molecule has 3 atom stereocenters. The fraction of sp³-hybridized carbons (Fsp3) is 0.682. The quantitative estimate of drug-likeness (QED) is 0.494. The van der Waals surface area contributed by atoms with Crippen LogP contribution < -0.4 is 21.7 Å². The molecule has 1 aromatic carbocycles. The number of ether oxygens (including phenoxy) is 2. The average Bonchev–Trinajstić information content (AvgIpc) is 2.64. The molecule has 5 heteroatoms. The summed E-state index contributed by atoms with van der Waals surface area (Å²) >= 11 is 0. The van der Waals surface area contributed by atoms with E-state index in [2.05, 4.69) is 20.9 Å². The number of quaternary nitrogens is 1. The summed E-state index contributed by atoms with van der Waals surface area (Å²) in [6.07, 6.45) is 6.37. The van der Waals surface area contributed by atoms with E-state index in [0.717, 1.165) is 5.75 Å². The predicted molar refractivity (Wildman–Crippen MR) is 103 cm³/mol. The molecule has 0 spiro atoms. The van der Waals surface area contributed by atoms with Gasteiger partial charge < -0.3 is 30.9 Å². The van der Waals surface area contributed by atoms with Crippen molar-refractivity contribution in [3.05, 3.63) is 29.8 Å². The highest BCUT2D eigenvalue weighted by Gasteiger charge is 2.43. The van der Waals surface area contributed by atoms with E-state index in [9.17, 15) is 4.79 Å². The number of hydrogen-bond donors (Lipinski definition) is 0. The minimum atomic E-state index is -0.212. The summed E-state index contributed by atoms with van der Waals surface area (Å²) in [5.41, 5.74) is 0.610. The number of rotatable bonds is 6. The topological polar surface area (TPSA) is 35.5 Å². The lowest BCUT2D eigenvalue weighted by Gasteiger charge is -2.51. The Morgan fingerprint density at radius 1 is 1.11 bits per heavy atom. The van der Waals surface area contributed by atoms with E-state index < -0.39 is 0 Å². The zero-order valence-electron chi connectivity index (χ0n) is 17.0. The Bertz CT molecular complexity index is 600. The van der Waals surface area contributed by atoms with Crippen LogP contribution in [0.25, 0.3) is 0 Å². The van der Waals surface area contributed by atoms with Crippen LogP contribution in [0.4, 0.5) is 0 Å². The SMILES string of the molecule is CC(C)COc1ccc(C(=O)OC[C@@H]2CCC[N+]3(C)CCCCC23)cc1.[Br-]. The third kappa shape index (κ3) is 5.71. The number of benzene rings is 1. The van der Waals surface area contributed by atoms with Gasteiger partial charge in [-0.1, -0.05) is 13.8 Å². The van der Waals surface area contributed by atoms with Crippen molar-refractivity contribution in [1.82, 2.24) is 0 Å². The van der Waals surface area contributed by atoms with E-state index in [1.165, 1.54) is 49.7 Å². The van der Waals surface area contributed by atoms with Crippen LogP contribution in [0.15, 0.2) is 24.3 Å². The van der Waals surface area contributed by atoms with Gasteiger partial charge in [0.05, 0.1) is 38.3 Å². The number of fused-ring (bicyclic) bond motifs is 1. The number of nitrogens with zero attached hydrogens (tertiary/aromatic N) is 1. The number of hydrogen-bond acceptors (Lipinski definition) is 3. The molecule has 27 heavy (non-hydrogen) atoms. The summed E-state index contributed by atoms with van der Waals surface area (Å²) in [5.74, 6) is 1.58. The largest absolute Gasteiger partial charge is 1.00 e. The maximum Gasteiger partial charge on any atom is 0.338 e. The number of piperidine rings is 2. The molecule has 4 nitrogen and oxygen atoms in total. The molecule has 0 N–H and O–H groups in total. The maximum atomic E-state index is 12.4. The van der Waals surface area contributed by atoms with E-state index in [0.29, 0.717) is 36.7 Å². The van der Waals surface area contributed by atoms with Gasteiger partial charge in [0.2, 0.25) is 0 Å². The lowest BCUT2D eigenvalue weighted by atomic mass is 9.82. The van der Waals surface area contributed by atoms with Crippen molar-refractivity contribution in [2.45, 2.75) is 52.0 Å². The van der Waals surface area contributed by atoms with E-state index in [-0.39, 0.29) is 23.0 Å². The number of carbonyl (C=O) groups excluding carboxylic acids is 1. The van der Waals surface area contributed by atoms with Crippen molar-refractivity contribution in [2.24, 2.45) is 11.8 Å². The number of esters is 1. The number of halogens is 1. The lowest BCUT2D eigenvalue weighted by molar-refractivity contribution is -0.947. The van der Waals surface area contributed by atoms with Crippen LogP contribution in [-0.4, -0.2) is 49.8 Å². The van der Waals surface area contributed by atoms with Crippen LogP contribution in [0.5, 0.6) is 5.75 Å². The molecule has 3 rings (SSSR count). The van der Waals surface area contributed by atoms with Crippen LogP contribution >= 0.6 is 0 Å². The van der Waals surface area contributed by atoms with Crippen LogP contribution in [0.1, 0.15) is 56.3 Å². The van der Waals surface area contributed by atoms with Gasteiger partial charge in [-0.3, -0.25) is 0 Å². The Hall–Kier alpha value is -1.07. The molecule has 2 fully saturated rings. The molecule has 2 heterocycles. The summed E-state index contributed by atoms with van der Waals surface area (Å²) in [5, 5.41) is 0. The fourth-order valence-electron chi connectivity index (χ4n) is 4.64. The van der Waals surface area contributed by atoms with Gasteiger partial charge in [-0.05, 0) is 55.9 Å². The Balaban J connectivity index is 0.00000261. The van der Waals surface area contributed by atoms with Gasteiger partial charge in [-0.2, -0.15) is 0 Å². The second kappa shape index (κ2) is 9.92. The highest BCUT2D eigenvalue weighted by molar-refractivity contribution is 5.89. The van der Waals surface area contributed by atoms with Crippen molar-refractivity contribution >= 4 is 5.97 Å². The average molecular weight is 440 g/mol. The maximum absolute atomic E-state index is 12.4. The second-order valence-corrected chi connectivity index (χ2v) is 8.72. The van der Waals surface area contributed by atoms with Gasteiger partial charge in [0.1, 0.15) is 12.4 Å². The third-order valence-electron chi connectivity index (χ3n) is 6.11. The molecule has 0 aliphatic carbocycles. The normalized spacial score (nSPS) is 27.4. The Kier molecular flexibility index (Phi) is 8.17. The molecule has 0 radical (unpaired) electrons. The van der Waals surface area contributed by atoms with Crippen LogP contribution in [-0.2, 0) is 4.74 Å². The first-order chi connectivity index (χ1) is 12.5. The molecule has 0 saturated carbocycles. The summed E-state index contributed by atoms with van der Waals surface area (Å²) in [6.45, 7) is 8.05. The zero-order valence-corrected chi connectivity index (χ0v) is 18.5. The smallest absolute Gasteiger partial charge is 0.338 e. The molecule has 2 unspecified atom stereocenters. The fourth-order valence-corrected chi connectivity index (χ4v) is 4.64. The first-order valence-corrected chi connectivity index (χ1v) is 10.2. The first-order valence-electron chi connectivity index (χ1n) is 10.2. The molecular formula is C22H34BrNO3. The highest BCUT2D eigenvalue weighted by Crippen LogP contribution is 2.36. The highest BCUT2D eigenvalue weighted by atomic mass is 79.9. The molecule has 2 saturated heterocycles. The predicted octanol–water partition coefficient (Wildman–Crippen LogP) is 1.29. The van der Waals surface area contributed by atoms with Crippen molar-refractivity contribution < 1.29 is 35.7 Å². The van der Waals surface area contributed by atoms with Gasteiger partial charge >= 0.3 is 5.97 Å². The number of carbonyl (C=O) groups is 1. The Morgan fingerprint density at radius 2 is 1.81 bits per heavy atom. The Morgan fingerprint density at radius 3 is 2.52 bits per heavy atom. The third-order valence-corrected chi connectivity index (χ3v) is 6.11. The van der Waals surface area contributed by atoms with Crippen LogP contribution in [0.3, 0.4) is 0 Å². The standard InChI is InChI=1S/C22H34NO3.BrH/c1-17(2)15-25-20-11-9-18(10-12-20)22(24)26-16-19-7-6-14-23(3)13-5-4-8-21(19)23;/h9-12,17,19,21H,4-8,13-16H2,1-3H3;1H/q+1;/p-1/t19-,21?,23?;/m0./s1. The van der Waals surface area contributed by atoms with Crippen molar-refractivity contribution in [3.63, 3.8) is 0 Å². The van der Waals surface area contributed by atoms with Gasteiger partial charge in [0, 0.05) is 12.3 Å².